The molecule has 0 amide bonds. The second-order valence-corrected chi connectivity index (χ2v) is 8.23. The zero-order valence-electron chi connectivity index (χ0n) is 18.3. The number of aryl methyl sites for hydroxylation is 1. The summed E-state index contributed by atoms with van der Waals surface area (Å²) in [5.41, 5.74) is 3.25. The van der Waals surface area contributed by atoms with Crippen molar-refractivity contribution in [3.63, 3.8) is 0 Å². The van der Waals surface area contributed by atoms with Gasteiger partial charge in [-0.05, 0) is 48.6 Å². The summed E-state index contributed by atoms with van der Waals surface area (Å²) in [6.07, 6.45) is -2.70. The molecule has 4 rings (SSSR count). The summed E-state index contributed by atoms with van der Waals surface area (Å²) in [5.74, 6) is 0.591. The Morgan fingerprint density at radius 3 is 2.58 bits per heavy atom. The minimum Gasteiger partial charge on any atom is -0.493 e. The summed E-state index contributed by atoms with van der Waals surface area (Å²) in [6.45, 7) is -0.550. The molecule has 8 nitrogen and oxygen atoms in total. The first-order valence-electron chi connectivity index (χ1n) is 10.9. The summed E-state index contributed by atoms with van der Waals surface area (Å²) < 4.78 is 16.5. The molecule has 0 spiro atoms. The first kappa shape index (κ1) is 23.4. The van der Waals surface area contributed by atoms with Crippen LogP contribution in [0.25, 0.3) is 6.08 Å². The maximum Gasteiger partial charge on any atom is 0.229 e. The van der Waals surface area contributed by atoms with Gasteiger partial charge in [-0.2, -0.15) is 0 Å². The molecule has 176 valence electrons. The second kappa shape index (κ2) is 10.0. The van der Waals surface area contributed by atoms with Crippen molar-refractivity contribution < 1.29 is 39.4 Å². The van der Waals surface area contributed by atoms with Crippen LogP contribution in [0.15, 0.2) is 48.0 Å². The lowest BCUT2D eigenvalue weighted by molar-refractivity contribution is -0.277. The molecule has 1 aliphatic carbocycles. The number of fused-ring (bicyclic) bond motifs is 1. The number of allylic oxidation sites excluding steroid dienone is 1. The first-order valence-corrected chi connectivity index (χ1v) is 10.9. The van der Waals surface area contributed by atoms with Crippen molar-refractivity contribution in [3.8, 4) is 11.5 Å². The van der Waals surface area contributed by atoms with Crippen molar-refractivity contribution >= 4 is 11.9 Å². The lowest BCUT2D eigenvalue weighted by atomic mass is 9.98. The molecule has 1 aliphatic heterocycles. The molecule has 2 aromatic carbocycles. The van der Waals surface area contributed by atoms with Crippen molar-refractivity contribution in [3.05, 3.63) is 64.7 Å². The van der Waals surface area contributed by atoms with Gasteiger partial charge in [0.15, 0.2) is 17.3 Å². The Balaban J connectivity index is 1.57. The Morgan fingerprint density at radius 1 is 1.03 bits per heavy atom. The van der Waals surface area contributed by atoms with E-state index >= 15 is 0 Å². The second-order valence-electron chi connectivity index (χ2n) is 8.23. The Morgan fingerprint density at radius 2 is 1.82 bits per heavy atom. The molecule has 0 aromatic heterocycles. The molecule has 0 radical (unpaired) electrons. The summed E-state index contributed by atoms with van der Waals surface area (Å²) >= 11 is 0. The van der Waals surface area contributed by atoms with E-state index in [-0.39, 0.29) is 11.5 Å². The number of aliphatic hydroxyl groups is 4. The molecule has 4 N–H and O–H groups in total. The van der Waals surface area contributed by atoms with Gasteiger partial charge < -0.3 is 34.6 Å². The number of Topliss-reactive ketones (excluding diaryl/α,β-unsaturated/α-hetero) is 1. The minimum atomic E-state index is -1.54. The van der Waals surface area contributed by atoms with Gasteiger partial charge in [0.25, 0.3) is 0 Å². The summed E-state index contributed by atoms with van der Waals surface area (Å²) in [5, 5.41) is 39.5. The van der Waals surface area contributed by atoms with Crippen LogP contribution in [0, 0.1) is 0 Å². The Bertz CT molecular complexity index is 1030. The number of methoxy groups -OCH3 is 1. The largest absolute Gasteiger partial charge is 0.493 e. The first-order chi connectivity index (χ1) is 15.9. The number of rotatable bonds is 5. The van der Waals surface area contributed by atoms with E-state index in [2.05, 4.69) is 0 Å². The Labute approximate surface area is 191 Å². The zero-order valence-corrected chi connectivity index (χ0v) is 18.3. The lowest BCUT2D eigenvalue weighted by Gasteiger charge is -2.39. The van der Waals surface area contributed by atoms with Gasteiger partial charge in [-0.3, -0.25) is 4.79 Å². The molecule has 0 bridgehead atoms. The molecule has 5 unspecified atom stereocenters. The summed E-state index contributed by atoms with van der Waals surface area (Å²) in [7, 11) is 1.46. The maximum atomic E-state index is 13.0. The molecule has 0 saturated carbocycles. The number of ketones is 1. The van der Waals surface area contributed by atoms with E-state index in [0.717, 1.165) is 29.5 Å². The predicted molar refractivity (Wildman–Crippen MR) is 119 cm³/mol. The van der Waals surface area contributed by atoms with Crippen molar-refractivity contribution in [1.29, 1.82) is 0 Å². The van der Waals surface area contributed by atoms with E-state index in [1.54, 1.807) is 18.2 Å². The normalized spacial score (nSPS) is 28.8. The van der Waals surface area contributed by atoms with Crippen LogP contribution in [0.2, 0.25) is 0 Å². The number of carbonyl (C=O) groups excluding carboxylic acids is 1. The van der Waals surface area contributed by atoms with Gasteiger partial charge in [0.05, 0.1) is 13.7 Å². The number of ether oxygens (including phenoxy) is 3. The quantitative estimate of drug-likeness (QED) is 0.394. The third-order valence-electron chi connectivity index (χ3n) is 6.07. The fraction of sp³-hybridized carbons (Fsp3) is 0.400. The number of benzene rings is 2. The predicted octanol–water partition coefficient (Wildman–Crippen LogP) is 1.48. The zero-order chi connectivity index (χ0) is 23.5. The summed E-state index contributed by atoms with van der Waals surface area (Å²) in [4.78, 5) is 13.0. The number of hydrogen-bond acceptors (Lipinski definition) is 8. The van der Waals surface area contributed by atoms with Crippen LogP contribution in [-0.4, -0.2) is 70.6 Å². The monoisotopic (exact) mass is 456 g/mol. The highest BCUT2D eigenvalue weighted by Crippen LogP contribution is 2.33. The number of hydrogen-bond donors (Lipinski definition) is 4. The van der Waals surface area contributed by atoms with Crippen LogP contribution in [0.1, 0.15) is 34.3 Å². The smallest absolute Gasteiger partial charge is 0.229 e. The van der Waals surface area contributed by atoms with E-state index in [0.29, 0.717) is 17.7 Å². The van der Waals surface area contributed by atoms with Crippen LogP contribution in [0.4, 0.5) is 0 Å². The van der Waals surface area contributed by atoms with Crippen molar-refractivity contribution in [2.45, 2.75) is 50.0 Å². The Hall–Kier alpha value is -2.75. The van der Waals surface area contributed by atoms with Crippen LogP contribution in [-0.2, 0) is 11.2 Å². The average Bonchev–Trinajstić information content (AvgIpc) is 2.99. The highest BCUT2D eigenvalue weighted by Gasteiger charge is 2.45. The molecule has 5 atom stereocenters. The maximum absolute atomic E-state index is 13.0. The van der Waals surface area contributed by atoms with Gasteiger partial charge in [0.1, 0.15) is 24.4 Å². The van der Waals surface area contributed by atoms with E-state index in [9.17, 15) is 25.2 Å². The van der Waals surface area contributed by atoms with Gasteiger partial charge in [0, 0.05) is 11.1 Å². The van der Waals surface area contributed by atoms with E-state index in [1.165, 1.54) is 7.11 Å². The molecule has 2 aliphatic rings. The van der Waals surface area contributed by atoms with Gasteiger partial charge in [-0.1, -0.05) is 30.3 Å². The van der Waals surface area contributed by atoms with Crippen LogP contribution < -0.4 is 9.47 Å². The molecule has 1 heterocycles. The summed E-state index contributed by atoms with van der Waals surface area (Å²) in [6, 6.07) is 12.7. The SMILES string of the molecule is COc1cc(C=C2CCCc3ccccc3C2=O)ccc1OC1OC(CO)C(O)C(O)C1O. The van der Waals surface area contributed by atoms with Crippen molar-refractivity contribution in [2.24, 2.45) is 0 Å². The third kappa shape index (κ3) is 4.80. The minimum absolute atomic E-state index is 0.0173. The number of carbonyl (C=O) groups is 1. The molecule has 8 heteroatoms. The van der Waals surface area contributed by atoms with Crippen LogP contribution in [0.5, 0.6) is 11.5 Å². The van der Waals surface area contributed by atoms with Gasteiger partial charge in [-0.15, -0.1) is 0 Å². The van der Waals surface area contributed by atoms with Gasteiger partial charge >= 0.3 is 0 Å². The van der Waals surface area contributed by atoms with E-state index in [1.807, 2.05) is 30.3 Å². The van der Waals surface area contributed by atoms with Crippen LogP contribution in [0.3, 0.4) is 0 Å². The van der Waals surface area contributed by atoms with Gasteiger partial charge in [-0.25, -0.2) is 0 Å². The lowest BCUT2D eigenvalue weighted by Crippen LogP contribution is -2.60. The van der Waals surface area contributed by atoms with Crippen molar-refractivity contribution in [2.75, 3.05) is 13.7 Å². The van der Waals surface area contributed by atoms with E-state index < -0.39 is 37.3 Å². The fourth-order valence-electron chi connectivity index (χ4n) is 4.22. The molecular weight excluding hydrogens is 428 g/mol. The van der Waals surface area contributed by atoms with Gasteiger partial charge in [0.2, 0.25) is 6.29 Å². The molecule has 1 saturated heterocycles. The third-order valence-corrected chi connectivity index (χ3v) is 6.07. The number of aliphatic hydroxyl groups excluding tert-OH is 4. The Kier molecular flexibility index (Phi) is 7.11. The molecule has 2 aromatic rings. The van der Waals surface area contributed by atoms with Crippen LogP contribution >= 0.6 is 0 Å². The topological polar surface area (TPSA) is 126 Å². The molecular formula is C25H28O8. The standard InChI is InChI=1S/C25H28O8/c1-31-19-12-14(11-16-7-4-6-15-5-2-3-8-17(15)21(16)27)9-10-18(19)32-25-24(30)23(29)22(28)20(13-26)33-25/h2-3,5,8-12,20,22-26,28-30H,4,6-7,13H2,1H3. The van der Waals surface area contributed by atoms with Crippen molar-refractivity contribution in [1.82, 2.24) is 0 Å². The van der Waals surface area contributed by atoms with E-state index in [4.69, 9.17) is 14.2 Å². The molecule has 1 fully saturated rings. The molecule has 33 heavy (non-hydrogen) atoms. The highest BCUT2D eigenvalue weighted by molar-refractivity contribution is 6.12. The fourth-order valence-corrected chi connectivity index (χ4v) is 4.22. The highest BCUT2D eigenvalue weighted by atomic mass is 16.7. The average molecular weight is 456 g/mol.